The second-order valence-corrected chi connectivity index (χ2v) is 7.64. The molecule has 1 aliphatic heterocycles. The number of hydrogen-bond acceptors (Lipinski definition) is 6. The molecule has 146 valence electrons. The van der Waals surface area contributed by atoms with Gasteiger partial charge in [-0.3, -0.25) is 9.36 Å². The number of carbonyl (C=O) groups is 1. The van der Waals surface area contributed by atoms with Crippen molar-refractivity contribution >= 4 is 22.4 Å². The lowest BCUT2D eigenvalue weighted by molar-refractivity contribution is 0.0944. The lowest BCUT2D eigenvalue weighted by atomic mass is 10.1. The van der Waals surface area contributed by atoms with Crippen molar-refractivity contribution in [2.75, 3.05) is 25.1 Å². The Bertz CT molecular complexity index is 928. The van der Waals surface area contributed by atoms with E-state index in [4.69, 9.17) is 4.74 Å². The van der Waals surface area contributed by atoms with E-state index in [9.17, 15) is 4.79 Å². The number of benzene rings is 1. The van der Waals surface area contributed by atoms with Crippen LogP contribution in [0.15, 0.2) is 42.6 Å². The molecule has 1 N–H and O–H groups in total. The third kappa shape index (κ3) is 4.01. The van der Waals surface area contributed by atoms with Gasteiger partial charge in [-0.2, -0.15) is 0 Å². The normalized spacial score (nSPS) is 14.1. The van der Waals surface area contributed by atoms with Crippen molar-refractivity contribution in [1.82, 2.24) is 20.1 Å². The fourth-order valence-corrected chi connectivity index (χ4v) is 4.16. The zero-order chi connectivity index (χ0) is 19.3. The Morgan fingerprint density at radius 1 is 1.11 bits per heavy atom. The van der Waals surface area contributed by atoms with Gasteiger partial charge in [0.25, 0.3) is 5.91 Å². The van der Waals surface area contributed by atoms with Gasteiger partial charge >= 0.3 is 0 Å². The van der Waals surface area contributed by atoms with E-state index >= 15 is 0 Å². The second-order valence-electron chi connectivity index (χ2n) is 6.71. The van der Waals surface area contributed by atoms with Crippen molar-refractivity contribution in [3.05, 3.63) is 53.9 Å². The molecule has 7 nitrogen and oxygen atoms in total. The van der Waals surface area contributed by atoms with Crippen LogP contribution in [0.4, 0.5) is 5.13 Å². The number of hydrogen-bond donors (Lipinski definition) is 1. The number of methoxy groups -OCH3 is 1. The molecule has 1 saturated heterocycles. The summed E-state index contributed by atoms with van der Waals surface area (Å²) in [4.78, 5) is 15.0. The maximum atomic E-state index is 12.7. The highest BCUT2D eigenvalue weighted by molar-refractivity contribution is 7.17. The summed E-state index contributed by atoms with van der Waals surface area (Å²) in [5, 5.41) is 13.2. The first-order valence-corrected chi connectivity index (χ1v) is 10.2. The third-order valence-corrected chi connectivity index (χ3v) is 5.81. The molecule has 3 aromatic rings. The largest absolute Gasteiger partial charge is 0.497 e. The Balaban J connectivity index is 1.44. The van der Waals surface area contributed by atoms with Crippen LogP contribution in [0.3, 0.4) is 0 Å². The van der Waals surface area contributed by atoms with Crippen molar-refractivity contribution in [1.29, 1.82) is 0 Å². The van der Waals surface area contributed by atoms with Gasteiger partial charge in [0, 0.05) is 25.8 Å². The first-order chi connectivity index (χ1) is 13.7. The van der Waals surface area contributed by atoms with Crippen molar-refractivity contribution in [2.45, 2.75) is 25.8 Å². The zero-order valence-electron chi connectivity index (χ0n) is 15.8. The molecule has 3 heterocycles. The third-order valence-electron chi connectivity index (χ3n) is 4.83. The lowest BCUT2D eigenvalue weighted by Crippen LogP contribution is -2.29. The van der Waals surface area contributed by atoms with E-state index in [0.29, 0.717) is 17.4 Å². The minimum absolute atomic E-state index is 0.143. The van der Waals surface area contributed by atoms with E-state index < -0.39 is 0 Å². The van der Waals surface area contributed by atoms with Gasteiger partial charge < -0.3 is 15.0 Å². The van der Waals surface area contributed by atoms with Crippen LogP contribution >= 0.6 is 11.3 Å². The van der Waals surface area contributed by atoms with Crippen LogP contribution in [0.2, 0.25) is 0 Å². The summed E-state index contributed by atoms with van der Waals surface area (Å²) in [6.45, 7) is 2.49. The monoisotopic (exact) mass is 397 g/mol. The Morgan fingerprint density at radius 3 is 2.61 bits per heavy atom. The van der Waals surface area contributed by atoms with Crippen molar-refractivity contribution in [3.63, 3.8) is 0 Å². The van der Waals surface area contributed by atoms with Crippen LogP contribution < -0.4 is 15.0 Å². The van der Waals surface area contributed by atoms with Gasteiger partial charge in [-0.15, -0.1) is 10.2 Å². The predicted molar refractivity (Wildman–Crippen MR) is 109 cm³/mol. The molecule has 0 unspecified atom stereocenters. The minimum Gasteiger partial charge on any atom is -0.497 e. The Morgan fingerprint density at radius 2 is 1.86 bits per heavy atom. The molecule has 0 spiro atoms. The summed E-state index contributed by atoms with van der Waals surface area (Å²) in [5.74, 6) is 0.653. The molecule has 1 aliphatic rings. The average molecular weight is 398 g/mol. The quantitative estimate of drug-likeness (QED) is 0.691. The van der Waals surface area contributed by atoms with Crippen LogP contribution in [-0.2, 0) is 6.54 Å². The Kier molecular flexibility index (Phi) is 5.57. The summed E-state index contributed by atoms with van der Waals surface area (Å²) in [6, 6.07) is 11.3. The average Bonchev–Trinajstić information content (AvgIpc) is 3.42. The fourth-order valence-electron chi connectivity index (χ4n) is 3.27. The zero-order valence-corrected chi connectivity index (χ0v) is 16.6. The van der Waals surface area contributed by atoms with E-state index in [-0.39, 0.29) is 5.91 Å². The predicted octanol–water partition coefficient (Wildman–Crippen LogP) is 3.26. The topological polar surface area (TPSA) is 72.3 Å². The van der Waals surface area contributed by atoms with Crippen LogP contribution in [0.5, 0.6) is 5.75 Å². The van der Waals surface area contributed by atoms with E-state index in [2.05, 4.69) is 20.4 Å². The summed E-state index contributed by atoms with van der Waals surface area (Å²) < 4.78 is 6.96. The van der Waals surface area contributed by atoms with Gasteiger partial charge in [0.2, 0.25) is 10.3 Å². The number of piperidine rings is 1. The van der Waals surface area contributed by atoms with Crippen molar-refractivity contribution in [3.8, 4) is 10.9 Å². The number of ether oxygens (including phenoxy) is 1. The number of nitrogens with one attached hydrogen (secondary N) is 1. The Hall–Kier alpha value is -2.87. The molecule has 0 aliphatic carbocycles. The lowest BCUT2D eigenvalue weighted by Gasteiger charge is -2.25. The summed E-state index contributed by atoms with van der Waals surface area (Å²) in [6.07, 6.45) is 5.51. The van der Waals surface area contributed by atoms with Crippen LogP contribution in [0, 0.1) is 0 Å². The molecular weight excluding hydrogens is 374 g/mol. The van der Waals surface area contributed by atoms with Gasteiger partial charge in [-0.25, -0.2) is 0 Å². The minimum atomic E-state index is -0.143. The summed E-state index contributed by atoms with van der Waals surface area (Å²) in [5.41, 5.74) is 1.56. The maximum absolute atomic E-state index is 12.7. The number of carbonyl (C=O) groups excluding carboxylic acids is 1. The smallest absolute Gasteiger partial charge is 0.268 e. The molecule has 4 rings (SSSR count). The van der Waals surface area contributed by atoms with E-state index in [1.165, 1.54) is 30.6 Å². The number of amides is 1. The Labute approximate surface area is 168 Å². The van der Waals surface area contributed by atoms with Gasteiger partial charge in [-0.1, -0.05) is 23.5 Å². The van der Waals surface area contributed by atoms with Crippen LogP contribution in [-0.4, -0.2) is 40.9 Å². The first-order valence-electron chi connectivity index (χ1n) is 9.42. The SMILES string of the molecule is COc1ccc(CNC(=O)c2cccn2-c2nnc(N3CCCCC3)s2)cc1. The molecule has 1 aromatic carbocycles. The van der Waals surface area contributed by atoms with E-state index in [1.807, 2.05) is 36.5 Å². The highest BCUT2D eigenvalue weighted by Gasteiger charge is 2.19. The molecule has 1 amide bonds. The summed E-state index contributed by atoms with van der Waals surface area (Å²) >= 11 is 1.52. The van der Waals surface area contributed by atoms with E-state index in [1.54, 1.807) is 17.7 Å². The highest BCUT2D eigenvalue weighted by atomic mass is 32.1. The standard InChI is InChI=1S/C20H23N5O2S/c1-27-16-9-7-15(8-10-16)14-21-18(26)17-6-5-13-25(17)20-23-22-19(28-20)24-11-3-2-4-12-24/h5-10,13H,2-4,11-12,14H2,1H3,(H,21,26). The number of aromatic nitrogens is 3. The maximum Gasteiger partial charge on any atom is 0.268 e. The van der Waals surface area contributed by atoms with Crippen molar-refractivity contribution in [2.24, 2.45) is 0 Å². The molecule has 1 fully saturated rings. The molecule has 28 heavy (non-hydrogen) atoms. The molecule has 0 bridgehead atoms. The second kappa shape index (κ2) is 8.43. The first kappa shape index (κ1) is 18.5. The highest BCUT2D eigenvalue weighted by Crippen LogP contribution is 2.26. The molecule has 0 atom stereocenters. The van der Waals surface area contributed by atoms with Gasteiger partial charge in [-0.05, 0) is 49.1 Å². The molecular formula is C20H23N5O2S. The molecule has 8 heteroatoms. The van der Waals surface area contributed by atoms with Gasteiger partial charge in [0.05, 0.1) is 7.11 Å². The van der Waals surface area contributed by atoms with Crippen molar-refractivity contribution < 1.29 is 9.53 Å². The van der Waals surface area contributed by atoms with E-state index in [0.717, 1.165) is 29.5 Å². The summed E-state index contributed by atoms with van der Waals surface area (Å²) in [7, 11) is 1.63. The number of rotatable bonds is 6. The van der Waals surface area contributed by atoms with Gasteiger partial charge in [0.1, 0.15) is 11.4 Å². The van der Waals surface area contributed by atoms with Crippen LogP contribution in [0.1, 0.15) is 35.3 Å². The van der Waals surface area contributed by atoms with Crippen LogP contribution in [0.25, 0.3) is 5.13 Å². The number of nitrogens with zero attached hydrogens (tertiary/aromatic N) is 4. The molecule has 0 saturated carbocycles. The van der Waals surface area contributed by atoms with Gasteiger partial charge in [0.15, 0.2) is 0 Å². The molecule has 0 radical (unpaired) electrons. The molecule has 2 aromatic heterocycles. The fraction of sp³-hybridized carbons (Fsp3) is 0.350. The number of anilines is 1.